The van der Waals surface area contributed by atoms with Gasteiger partial charge in [0, 0.05) is 18.0 Å². The number of carbonyl (C=O) groups is 1. The van der Waals surface area contributed by atoms with Gasteiger partial charge in [-0.3, -0.25) is 9.78 Å². The maximum absolute atomic E-state index is 13.2. The largest absolute Gasteiger partial charge is 0.324 e. The van der Waals surface area contributed by atoms with Crippen LogP contribution >= 0.6 is 0 Å². The summed E-state index contributed by atoms with van der Waals surface area (Å²) < 4.78 is 13.2. The van der Waals surface area contributed by atoms with Gasteiger partial charge in [-0.2, -0.15) is 0 Å². The predicted molar refractivity (Wildman–Crippen MR) is 116 cm³/mol. The van der Waals surface area contributed by atoms with Gasteiger partial charge < -0.3 is 5.32 Å². The number of nitrogens with one attached hydrogen (secondary N) is 1. The summed E-state index contributed by atoms with van der Waals surface area (Å²) in [6.07, 6.45) is 6.49. The first-order valence-electron chi connectivity index (χ1n) is 10.1. The molecule has 0 atom stereocenters. The van der Waals surface area contributed by atoms with E-state index in [2.05, 4.69) is 17.2 Å². The van der Waals surface area contributed by atoms with Crippen LogP contribution in [0.25, 0.3) is 22.0 Å². The van der Waals surface area contributed by atoms with Crippen LogP contribution in [0.15, 0.2) is 54.7 Å². The quantitative estimate of drug-likeness (QED) is 0.449. The highest BCUT2D eigenvalue weighted by Gasteiger charge is 2.10. The van der Waals surface area contributed by atoms with Crippen LogP contribution in [-0.4, -0.2) is 10.9 Å². The molecule has 4 heteroatoms. The molecule has 1 amide bonds. The molecule has 1 aromatic heterocycles. The summed E-state index contributed by atoms with van der Waals surface area (Å²) in [7, 11) is 0. The summed E-state index contributed by atoms with van der Waals surface area (Å²) in [6, 6.07) is 14.1. The van der Waals surface area contributed by atoms with Crippen molar-refractivity contribution in [2.45, 2.75) is 52.9 Å². The van der Waals surface area contributed by atoms with Gasteiger partial charge in [0.2, 0.25) is 5.91 Å². The maximum Gasteiger partial charge on any atom is 0.224 e. The van der Waals surface area contributed by atoms with Gasteiger partial charge in [-0.15, -0.1) is 0 Å². The highest BCUT2D eigenvalue weighted by atomic mass is 19.1. The van der Waals surface area contributed by atoms with Gasteiger partial charge in [0.15, 0.2) is 0 Å². The van der Waals surface area contributed by atoms with Crippen molar-refractivity contribution in [1.82, 2.24) is 4.98 Å². The number of unbranched alkanes of at least 4 members (excludes halogenated alkanes) is 3. The number of carbonyl (C=O) groups excluding carboxylic acids is 1. The van der Waals surface area contributed by atoms with Crippen molar-refractivity contribution >= 4 is 22.5 Å². The number of amides is 1. The molecule has 3 rings (SSSR count). The molecule has 3 aromatic rings. The third kappa shape index (κ3) is 5.88. The molecule has 0 aliphatic rings. The van der Waals surface area contributed by atoms with Crippen molar-refractivity contribution in [3.8, 4) is 11.1 Å². The average molecular weight is 381 g/mol. The Bertz CT molecular complexity index is 891. The molecule has 0 fully saturated rings. The van der Waals surface area contributed by atoms with Crippen molar-refractivity contribution in [1.29, 1.82) is 0 Å². The Morgan fingerprint density at radius 2 is 1.75 bits per heavy atom. The molecule has 0 saturated carbocycles. The van der Waals surface area contributed by atoms with Gasteiger partial charge in [-0.05, 0) is 47.9 Å². The van der Waals surface area contributed by atoms with E-state index < -0.39 is 0 Å². The van der Waals surface area contributed by atoms with E-state index in [1.165, 1.54) is 12.1 Å². The summed E-state index contributed by atoms with van der Waals surface area (Å²) in [5.74, 6) is -0.263. The van der Waals surface area contributed by atoms with Gasteiger partial charge >= 0.3 is 0 Å². The molecule has 0 unspecified atom stereocenters. The first-order chi connectivity index (χ1) is 13.7. The minimum atomic E-state index is -0.267. The Balaban J connectivity index is 0.00000136. The number of hydrogen-bond donors (Lipinski definition) is 1. The summed E-state index contributed by atoms with van der Waals surface area (Å²) in [6.45, 7) is 6.15. The van der Waals surface area contributed by atoms with Crippen LogP contribution in [0.3, 0.4) is 0 Å². The number of aromatic nitrogens is 1. The Labute approximate surface area is 167 Å². The topological polar surface area (TPSA) is 42.0 Å². The van der Waals surface area contributed by atoms with E-state index in [4.69, 9.17) is 0 Å². The zero-order chi connectivity index (χ0) is 20.4. The first kappa shape index (κ1) is 21.5. The van der Waals surface area contributed by atoms with Crippen molar-refractivity contribution in [2.75, 3.05) is 5.32 Å². The van der Waals surface area contributed by atoms with E-state index in [9.17, 15) is 9.18 Å². The summed E-state index contributed by atoms with van der Waals surface area (Å²) in [5.41, 5.74) is 3.28. The fourth-order valence-corrected chi connectivity index (χ4v) is 3.02. The lowest BCUT2D eigenvalue weighted by atomic mass is 10.0. The first-order valence-corrected chi connectivity index (χ1v) is 10.1. The Kier molecular flexibility index (Phi) is 8.60. The molecule has 0 aliphatic carbocycles. The SMILES string of the molecule is CC.CCCCCCC(=O)Nc1cc(-c2ccc(F)cc2)cc2cccnc12. The van der Waals surface area contributed by atoms with E-state index in [0.717, 1.165) is 47.7 Å². The Morgan fingerprint density at radius 3 is 2.46 bits per heavy atom. The van der Waals surface area contributed by atoms with Crippen LogP contribution in [-0.2, 0) is 4.79 Å². The van der Waals surface area contributed by atoms with Crippen molar-refractivity contribution < 1.29 is 9.18 Å². The zero-order valence-corrected chi connectivity index (χ0v) is 17.0. The molecule has 1 heterocycles. The predicted octanol–water partition coefficient (Wildman–Crippen LogP) is 6.98. The molecule has 0 spiro atoms. The number of nitrogens with zero attached hydrogens (tertiary/aromatic N) is 1. The minimum Gasteiger partial charge on any atom is -0.324 e. The molecule has 148 valence electrons. The smallest absolute Gasteiger partial charge is 0.224 e. The minimum absolute atomic E-state index is 0.00399. The van der Waals surface area contributed by atoms with Crippen LogP contribution in [0.4, 0.5) is 10.1 Å². The van der Waals surface area contributed by atoms with Crippen molar-refractivity contribution in [3.05, 3.63) is 60.5 Å². The lowest BCUT2D eigenvalue weighted by Crippen LogP contribution is -2.11. The lowest BCUT2D eigenvalue weighted by Gasteiger charge is -2.11. The normalized spacial score (nSPS) is 10.3. The summed E-state index contributed by atoms with van der Waals surface area (Å²) >= 11 is 0. The maximum atomic E-state index is 13.2. The van der Waals surface area contributed by atoms with Crippen LogP contribution in [0.5, 0.6) is 0 Å². The lowest BCUT2D eigenvalue weighted by molar-refractivity contribution is -0.116. The second-order valence-electron chi connectivity index (χ2n) is 6.46. The molecule has 28 heavy (non-hydrogen) atoms. The van der Waals surface area contributed by atoms with E-state index >= 15 is 0 Å². The van der Waals surface area contributed by atoms with Crippen molar-refractivity contribution in [2.24, 2.45) is 0 Å². The fourth-order valence-electron chi connectivity index (χ4n) is 3.02. The molecular formula is C24H29FN2O. The third-order valence-corrected chi connectivity index (χ3v) is 4.41. The summed E-state index contributed by atoms with van der Waals surface area (Å²) in [5, 5.41) is 3.95. The number of pyridine rings is 1. The van der Waals surface area contributed by atoms with Gasteiger partial charge in [-0.25, -0.2) is 4.39 Å². The number of hydrogen-bond acceptors (Lipinski definition) is 2. The number of rotatable bonds is 7. The molecule has 3 nitrogen and oxygen atoms in total. The van der Waals surface area contributed by atoms with E-state index in [1.807, 2.05) is 38.1 Å². The number of halogens is 1. The number of benzene rings is 2. The molecular weight excluding hydrogens is 351 g/mol. The zero-order valence-electron chi connectivity index (χ0n) is 17.0. The second kappa shape index (κ2) is 11.2. The van der Waals surface area contributed by atoms with E-state index in [0.29, 0.717) is 12.1 Å². The fraction of sp³-hybridized carbons (Fsp3) is 0.333. The van der Waals surface area contributed by atoms with Crippen LogP contribution < -0.4 is 5.32 Å². The van der Waals surface area contributed by atoms with Crippen molar-refractivity contribution in [3.63, 3.8) is 0 Å². The van der Waals surface area contributed by atoms with Crippen LogP contribution in [0.1, 0.15) is 52.9 Å². The highest BCUT2D eigenvalue weighted by molar-refractivity contribution is 6.02. The van der Waals surface area contributed by atoms with E-state index in [1.54, 1.807) is 18.3 Å². The van der Waals surface area contributed by atoms with Gasteiger partial charge in [0.05, 0.1) is 11.2 Å². The second-order valence-corrected chi connectivity index (χ2v) is 6.46. The monoisotopic (exact) mass is 380 g/mol. The molecule has 2 aromatic carbocycles. The standard InChI is InChI=1S/C22H23FN2O.C2H6/c1-2-3-4-5-8-21(26)25-20-15-18(16-9-11-19(23)12-10-16)14-17-7-6-13-24-22(17)20;1-2/h6-7,9-15H,2-5,8H2,1H3,(H,25,26);1-2H3. The van der Waals surface area contributed by atoms with Gasteiger partial charge in [0.25, 0.3) is 0 Å². The Morgan fingerprint density at radius 1 is 1.00 bits per heavy atom. The number of fused-ring (bicyclic) bond motifs is 1. The summed E-state index contributed by atoms with van der Waals surface area (Å²) in [4.78, 5) is 16.7. The average Bonchev–Trinajstić information content (AvgIpc) is 2.73. The highest BCUT2D eigenvalue weighted by Crippen LogP contribution is 2.30. The van der Waals surface area contributed by atoms with Crippen LogP contribution in [0.2, 0.25) is 0 Å². The molecule has 0 radical (unpaired) electrons. The van der Waals surface area contributed by atoms with Crippen LogP contribution in [0, 0.1) is 5.82 Å². The number of anilines is 1. The van der Waals surface area contributed by atoms with E-state index in [-0.39, 0.29) is 11.7 Å². The Hall–Kier alpha value is -2.75. The molecule has 1 N–H and O–H groups in total. The van der Waals surface area contributed by atoms with Gasteiger partial charge in [0.1, 0.15) is 5.82 Å². The third-order valence-electron chi connectivity index (χ3n) is 4.41. The molecule has 0 saturated heterocycles. The molecule has 0 bridgehead atoms. The molecule has 0 aliphatic heterocycles. The van der Waals surface area contributed by atoms with Gasteiger partial charge in [-0.1, -0.05) is 58.2 Å².